The van der Waals surface area contributed by atoms with Crippen LogP contribution in [0.4, 0.5) is 0 Å². The number of aliphatic hydroxyl groups is 1. The molecule has 1 saturated heterocycles. The van der Waals surface area contributed by atoms with E-state index < -0.39 is 6.29 Å². The zero-order chi connectivity index (χ0) is 25.8. The third-order valence-electron chi connectivity index (χ3n) is 6.81. The number of aryl methyl sites for hydroxylation is 1. The molecule has 2 heterocycles. The first kappa shape index (κ1) is 25.6. The molecule has 8 nitrogen and oxygen atoms in total. The normalized spacial score (nSPS) is 21.7. The number of thioether (sulfide) groups is 1. The molecule has 5 rings (SSSR count). The van der Waals surface area contributed by atoms with Crippen molar-refractivity contribution in [1.82, 2.24) is 20.2 Å². The molecule has 1 fully saturated rings. The van der Waals surface area contributed by atoms with Crippen LogP contribution in [0.1, 0.15) is 41.6 Å². The lowest BCUT2D eigenvalue weighted by Crippen LogP contribution is -2.38. The Bertz CT molecular complexity index is 1310. The molecule has 0 unspecified atom stereocenters. The summed E-state index contributed by atoms with van der Waals surface area (Å²) in [5.41, 5.74) is 12.2. The largest absolute Gasteiger partial charge is 0.392 e. The molecule has 4 atom stereocenters. The number of hydrogen-bond donors (Lipinski definition) is 2. The Balaban J connectivity index is 1.41. The molecular formula is C28H31N5O3S. The van der Waals surface area contributed by atoms with Crippen molar-refractivity contribution in [2.45, 2.75) is 43.7 Å². The molecule has 9 heteroatoms. The number of aliphatic hydroxyl groups excluding tert-OH is 1. The summed E-state index contributed by atoms with van der Waals surface area (Å²) in [5.74, 6) is 0.767. The van der Waals surface area contributed by atoms with Crippen molar-refractivity contribution in [2.75, 3.05) is 5.75 Å². The van der Waals surface area contributed by atoms with E-state index in [1.807, 2.05) is 43.4 Å². The van der Waals surface area contributed by atoms with Gasteiger partial charge in [0.05, 0.1) is 18.8 Å². The molecule has 0 spiro atoms. The molecule has 4 aromatic rings. The fourth-order valence-corrected chi connectivity index (χ4v) is 5.62. The standard InChI is InChI=1S/C28H31N5O3S/c1-18-25(17-37-28-30-31-32-33(28)2)35-27(36-26(18)21-9-7-19(16-34)8-10-21)22-13-11-20(12-14-22)24-6-4-3-5-23(24)15-29/h3-14,18,25-27,34H,15-17,29H2,1-2H3/t18-,25+,26+,27+/m0/s1. The maximum absolute atomic E-state index is 9.47. The maximum Gasteiger partial charge on any atom is 0.209 e. The van der Waals surface area contributed by atoms with Crippen LogP contribution in [0.5, 0.6) is 0 Å². The van der Waals surface area contributed by atoms with Gasteiger partial charge in [0.25, 0.3) is 0 Å². The topological polar surface area (TPSA) is 108 Å². The van der Waals surface area contributed by atoms with Crippen molar-refractivity contribution >= 4 is 11.8 Å². The number of tetrazole rings is 1. The Labute approximate surface area is 220 Å². The van der Waals surface area contributed by atoms with Crippen molar-refractivity contribution in [2.24, 2.45) is 18.7 Å². The van der Waals surface area contributed by atoms with Gasteiger partial charge in [-0.15, -0.1) is 5.10 Å². The predicted molar refractivity (Wildman–Crippen MR) is 142 cm³/mol. The Morgan fingerprint density at radius 3 is 2.38 bits per heavy atom. The zero-order valence-electron chi connectivity index (χ0n) is 20.9. The zero-order valence-corrected chi connectivity index (χ0v) is 21.7. The van der Waals surface area contributed by atoms with Crippen LogP contribution in [0.3, 0.4) is 0 Å². The average Bonchev–Trinajstić information content (AvgIpc) is 3.37. The maximum atomic E-state index is 9.47. The summed E-state index contributed by atoms with van der Waals surface area (Å²) in [5, 5.41) is 22.0. The van der Waals surface area contributed by atoms with Crippen molar-refractivity contribution in [1.29, 1.82) is 0 Å². The van der Waals surface area contributed by atoms with Crippen LogP contribution in [0.15, 0.2) is 78.0 Å². The molecule has 1 aliphatic heterocycles. The number of aromatic nitrogens is 4. The van der Waals surface area contributed by atoms with Crippen LogP contribution in [0, 0.1) is 5.92 Å². The van der Waals surface area contributed by atoms with Crippen molar-refractivity contribution in [3.63, 3.8) is 0 Å². The Morgan fingerprint density at radius 2 is 1.70 bits per heavy atom. The summed E-state index contributed by atoms with van der Waals surface area (Å²) in [6.45, 7) is 2.65. The molecule has 37 heavy (non-hydrogen) atoms. The lowest BCUT2D eigenvalue weighted by molar-refractivity contribution is -0.268. The van der Waals surface area contributed by atoms with E-state index in [-0.39, 0.29) is 24.7 Å². The van der Waals surface area contributed by atoms with Gasteiger partial charge in [-0.05, 0) is 38.2 Å². The lowest BCUT2D eigenvalue weighted by atomic mass is 9.91. The van der Waals surface area contributed by atoms with E-state index in [0.717, 1.165) is 38.5 Å². The summed E-state index contributed by atoms with van der Waals surface area (Å²) >= 11 is 1.57. The highest BCUT2D eigenvalue weighted by atomic mass is 32.2. The van der Waals surface area contributed by atoms with Crippen LogP contribution in [0.25, 0.3) is 11.1 Å². The first-order valence-corrected chi connectivity index (χ1v) is 13.3. The van der Waals surface area contributed by atoms with E-state index in [2.05, 4.69) is 58.8 Å². The smallest absolute Gasteiger partial charge is 0.209 e. The van der Waals surface area contributed by atoms with Gasteiger partial charge in [-0.1, -0.05) is 91.5 Å². The Kier molecular flexibility index (Phi) is 7.97. The van der Waals surface area contributed by atoms with Crippen LogP contribution in [-0.2, 0) is 29.7 Å². The number of ether oxygens (including phenoxy) is 2. The van der Waals surface area contributed by atoms with Gasteiger partial charge in [0, 0.05) is 30.8 Å². The minimum Gasteiger partial charge on any atom is -0.392 e. The second-order valence-corrected chi connectivity index (χ2v) is 10.2. The fourth-order valence-electron chi connectivity index (χ4n) is 4.61. The Morgan fingerprint density at radius 1 is 0.973 bits per heavy atom. The van der Waals surface area contributed by atoms with E-state index in [1.54, 1.807) is 16.4 Å². The number of benzene rings is 3. The van der Waals surface area contributed by atoms with E-state index in [0.29, 0.717) is 12.3 Å². The van der Waals surface area contributed by atoms with Gasteiger partial charge in [-0.2, -0.15) is 0 Å². The van der Waals surface area contributed by atoms with Crippen molar-refractivity contribution in [3.05, 3.63) is 95.1 Å². The molecule has 192 valence electrons. The second kappa shape index (κ2) is 11.5. The number of nitrogens with two attached hydrogens (primary N) is 1. The SMILES string of the molecule is C[C@H]1[C@@H](CSc2nnnn2C)O[C@@H](c2ccc(-c3ccccc3CN)cc2)O[C@H]1c1ccc(CO)cc1. The van der Waals surface area contributed by atoms with E-state index in [9.17, 15) is 5.11 Å². The highest BCUT2D eigenvalue weighted by molar-refractivity contribution is 7.99. The van der Waals surface area contributed by atoms with Gasteiger partial charge < -0.3 is 20.3 Å². The molecule has 3 aromatic carbocycles. The fraction of sp³-hybridized carbons (Fsp3) is 0.321. The minimum absolute atomic E-state index is 0.0116. The van der Waals surface area contributed by atoms with E-state index >= 15 is 0 Å². The number of hydrogen-bond acceptors (Lipinski definition) is 8. The Hall–Kier alpha value is -3.08. The molecule has 1 aromatic heterocycles. The molecular weight excluding hydrogens is 486 g/mol. The highest BCUT2D eigenvalue weighted by Crippen LogP contribution is 2.43. The molecule has 0 bridgehead atoms. The molecule has 0 aliphatic carbocycles. The molecule has 1 aliphatic rings. The van der Waals surface area contributed by atoms with Crippen molar-refractivity contribution in [3.8, 4) is 11.1 Å². The van der Waals surface area contributed by atoms with E-state index in [1.165, 1.54) is 0 Å². The van der Waals surface area contributed by atoms with Gasteiger partial charge >= 0.3 is 0 Å². The summed E-state index contributed by atoms with van der Waals surface area (Å²) < 4.78 is 14.8. The van der Waals surface area contributed by atoms with Gasteiger partial charge in [0.2, 0.25) is 5.16 Å². The highest BCUT2D eigenvalue weighted by Gasteiger charge is 2.38. The molecule has 0 radical (unpaired) electrons. The molecule has 3 N–H and O–H groups in total. The van der Waals surface area contributed by atoms with Crippen molar-refractivity contribution < 1.29 is 14.6 Å². The summed E-state index contributed by atoms with van der Waals surface area (Å²) in [7, 11) is 1.83. The molecule has 0 amide bonds. The monoisotopic (exact) mass is 517 g/mol. The quantitative estimate of drug-likeness (QED) is 0.331. The summed E-state index contributed by atoms with van der Waals surface area (Å²) in [4.78, 5) is 0. The number of rotatable bonds is 8. The van der Waals surface area contributed by atoms with Crippen LogP contribution in [-0.4, -0.2) is 37.2 Å². The molecule has 0 saturated carbocycles. The predicted octanol–water partition coefficient (Wildman–Crippen LogP) is 4.41. The average molecular weight is 518 g/mol. The third-order valence-corrected chi connectivity index (χ3v) is 7.91. The second-order valence-electron chi connectivity index (χ2n) is 9.20. The van der Waals surface area contributed by atoms with Crippen LogP contribution in [0.2, 0.25) is 0 Å². The van der Waals surface area contributed by atoms with Gasteiger partial charge in [0.1, 0.15) is 0 Å². The minimum atomic E-state index is -0.527. The summed E-state index contributed by atoms with van der Waals surface area (Å²) in [6, 6.07) is 24.4. The van der Waals surface area contributed by atoms with Gasteiger partial charge in [-0.25, -0.2) is 4.68 Å². The third kappa shape index (κ3) is 5.61. The van der Waals surface area contributed by atoms with Gasteiger partial charge in [-0.3, -0.25) is 0 Å². The first-order chi connectivity index (χ1) is 18.1. The van der Waals surface area contributed by atoms with Crippen LogP contribution < -0.4 is 5.73 Å². The lowest BCUT2D eigenvalue weighted by Gasteiger charge is -2.41. The van der Waals surface area contributed by atoms with Crippen LogP contribution >= 0.6 is 11.8 Å². The first-order valence-electron chi connectivity index (χ1n) is 12.3. The van der Waals surface area contributed by atoms with Gasteiger partial charge in [0.15, 0.2) is 6.29 Å². The van der Waals surface area contributed by atoms with E-state index in [4.69, 9.17) is 15.2 Å². The number of nitrogens with zero attached hydrogens (tertiary/aromatic N) is 4. The summed E-state index contributed by atoms with van der Waals surface area (Å²) in [6.07, 6.45) is -0.797.